The molecule has 0 fully saturated rings. The molecule has 2 nitrogen and oxygen atoms in total. The number of fused-ring (bicyclic) bond motifs is 2. The molecule has 2 aromatic carbocycles. The van der Waals surface area contributed by atoms with Crippen molar-refractivity contribution in [3.05, 3.63) is 70.8 Å². The van der Waals surface area contributed by atoms with Gasteiger partial charge in [0.15, 0.2) is 0 Å². The fourth-order valence-corrected chi connectivity index (χ4v) is 3.55. The van der Waals surface area contributed by atoms with Gasteiger partial charge < -0.3 is 5.11 Å². The maximum Gasteiger partial charge on any atom is 0.0777 e. The summed E-state index contributed by atoms with van der Waals surface area (Å²) in [6, 6.07) is 17.2. The molecule has 2 aromatic rings. The minimum Gasteiger partial charge on any atom is -0.391 e. The second kappa shape index (κ2) is 4.19. The minimum atomic E-state index is -0.272. The molecule has 1 heterocycles. The van der Waals surface area contributed by atoms with Crippen LogP contribution in [0.15, 0.2) is 48.5 Å². The second-order valence-corrected chi connectivity index (χ2v) is 5.59. The molecule has 1 N–H and O–H groups in total. The molecule has 0 unspecified atom stereocenters. The first kappa shape index (κ1) is 11.2. The lowest BCUT2D eigenvalue weighted by Gasteiger charge is -2.27. The van der Waals surface area contributed by atoms with E-state index in [1.807, 2.05) is 0 Å². The maximum atomic E-state index is 10.4. The standard InChI is InChI=1S/C17H17NO/c19-16-9-12-5-3-4-8-15(12)17(16)18-10-13-6-1-2-7-14(13)11-18/h1-8,16-17,19H,9-11H2/t16-,17-/m1/s1. The van der Waals surface area contributed by atoms with Crippen LogP contribution in [0.1, 0.15) is 28.3 Å². The third kappa shape index (κ3) is 1.71. The number of hydrogen-bond acceptors (Lipinski definition) is 2. The lowest BCUT2D eigenvalue weighted by molar-refractivity contribution is 0.0590. The highest BCUT2D eigenvalue weighted by atomic mass is 16.3. The van der Waals surface area contributed by atoms with Crippen molar-refractivity contribution in [3.8, 4) is 0 Å². The first-order valence-electron chi connectivity index (χ1n) is 6.89. The number of rotatable bonds is 1. The normalized spacial score (nSPS) is 25.3. The van der Waals surface area contributed by atoms with E-state index in [0.717, 1.165) is 19.5 Å². The Bertz CT molecular complexity index is 597. The van der Waals surface area contributed by atoms with Crippen LogP contribution in [0.4, 0.5) is 0 Å². The minimum absolute atomic E-state index is 0.156. The molecule has 19 heavy (non-hydrogen) atoms. The van der Waals surface area contributed by atoms with E-state index in [4.69, 9.17) is 0 Å². The largest absolute Gasteiger partial charge is 0.391 e. The van der Waals surface area contributed by atoms with Gasteiger partial charge in [-0.15, -0.1) is 0 Å². The van der Waals surface area contributed by atoms with Crippen LogP contribution < -0.4 is 0 Å². The Labute approximate surface area is 113 Å². The van der Waals surface area contributed by atoms with Crippen molar-refractivity contribution >= 4 is 0 Å². The topological polar surface area (TPSA) is 23.5 Å². The zero-order valence-corrected chi connectivity index (χ0v) is 10.8. The second-order valence-electron chi connectivity index (χ2n) is 5.59. The van der Waals surface area contributed by atoms with Crippen LogP contribution in [0.2, 0.25) is 0 Å². The molecule has 0 amide bonds. The van der Waals surface area contributed by atoms with E-state index < -0.39 is 0 Å². The summed E-state index contributed by atoms with van der Waals surface area (Å²) >= 11 is 0. The first-order valence-corrected chi connectivity index (χ1v) is 6.89. The quantitative estimate of drug-likeness (QED) is 0.842. The Kier molecular flexibility index (Phi) is 2.47. The Morgan fingerprint density at radius 3 is 2.11 bits per heavy atom. The van der Waals surface area contributed by atoms with Crippen LogP contribution in [0.3, 0.4) is 0 Å². The average molecular weight is 251 g/mol. The average Bonchev–Trinajstić information content (AvgIpc) is 2.97. The fraction of sp³-hybridized carbons (Fsp3) is 0.294. The Hall–Kier alpha value is -1.64. The Morgan fingerprint density at radius 2 is 1.42 bits per heavy atom. The highest BCUT2D eigenvalue weighted by Gasteiger charge is 2.37. The van der Waals surface area contributed by atoms with Crippen LogP contribution in [0.25, 0.3) is 0 Å². The summed E-state index contributed by atoms with van der Waals surface area (Å²) in [4.78, 5) is 2.40. The van der Waals surface area contributed by atoms with E-state index in [1.165, 1.54) is 22.3 Å². The smallest absolute Gasteiger partial charge is 0.0777 e. The zero-order chi connectivity index (χ0) is 12.8. The molecule has 0 saturated heterocycles. The summed E-state index contributed by atoms with van der Waals surface area (Å²) in [6.07, 6.45) is 0.514. The molecule has 1 aliphatic carbocycles. The molecule has 96 valence electrons. The molecule has 0 spiro atoms. The van der Waals surface area contributed by atoms with E-state index in [1.54, 1.807) is 0 Å². The number of benzene rings is 2. The van der Waals surface area contributed by atoms with Gasteiger partial charge in [0.05, 0.1) is 12.1 Å². The van der Waals surface area contributed by atoms with E-state index >= 15 is 0 Å². The van der Waals surface area contributed by atoms with Crippen molar-refractivity contribution in [1.82, 2.24) is 4.90 Å². The molecular weight excluding hydrogens is 234 g/mol. The van der Waals surface area contributed by atoms with E-state index in [9.17, 15) is 5.11 Å². The van der Waals surface area contributed by atoms with Gasteiger partial charge in [0.1, 0.15) is 0 Å². The Balaban J connectivity index is 1.68. The summed E-state index contributed by atoms with van der Waals surface area (Å²) in [7, 11) is 0. The highest BCUT2D eigenvalue weighted by molar-refractivity contribution is 5.38. The molecule has 2 atom stereocenters. The molecule has 0 radical (unpaired) electrons. The van der Waals surface area contributed by atoms with Crippen LogP contribution in [0, 0.1) is 0 Å². The van der Waals surface area contributed by atoms with Gasteiger partial charge >= 0.3 is 0 Å². The van der Waals surface area contributed by atoms with Crippen molar-refractivity contribution in [2.75, 3.05) is 0 Å². The van der Waals surface area contributed by atoms with E-state index in [-0.39, 0.29) is 12.1 Å². The van der Waals surface area contributed by atoms with Gasteiger partial charge in [-0.25, -0.2) is 0 Å². The molecule has 4 rings (SSSR count). The molecule has 0 saturated carbocycles. The molecule has 2 heteroatoms. The van der Waals surface area contributed by atoms with Crippen molar-refractivity contribution in [2.24, 2.45) is 0 Å². The first-order chi connectivity index (χ1) is 9.33. The zero-order valence-electron chi connectivity index (χ0n) is 10.8. The monoisotopic (exact) mass is 251 g/mol. The maximum absolute atomic E-state index is 10.4. The lowest BCUT2D eigenvalue weighted by Crippen LogP contribution is -2.30. The molecule has 1 aliphatic heterocycles. The Morgan fingerprint density at radius 1 is 0.842 bits per heavy atom. The van der Waals surface area contributed by atoms with Gasteiger partial charge in [-0.2, -0.15) is 0 Å². The van der Waals surface area contributed by atoms with Crippen LogP contribution in [-0.2, 0) is 19.5 Å². The number of nitrogens with zero attached hydrogens (tertiary/aromatic N) is 1. The number of aliphatic hydroxyl groups excluding tert-OH is 1. The lowest BCUT2D eigenvalue weighted by atomic mass is 10.1. The van der Waals surface area contributed by atoms with Gasteiger partial charge in [0.25, 0.3) is 0 Å². The van der Waals surface area contributed by atoms with Crippen molar-refractivity contribution in [2.45, 2.75) is 31.7 Å². The summed E-state index contributed by atoms with van der Waals surface area (Å²) in [5.41, 5.74) is 5.41. The summed E-state index contributed by atoms with van der Waals surface area (Å²) in [5.74, 6) is 0. The van der Waals surface area contributed by atoms with Gasteiger partial charge in [0, 0.05) is 19.5 Å². The summed E-state index contributed by atoms with van der Waals surface area (Å²) in [5, 5.41) is 10.4. The molecule has 0 aromatic heterocycles. The van der Waals surface area contributed by atoms with Crippen LogP contribution in [-0.4, -0.2) is 16.1 Å². The van der Waals surface area contributed by atoms with Crippen LogP contribution >= 0.6 is 0 Å². The van der Waals surface area contributed by atoms with Crippen molar-refractivity contribution < 1.29 is 5.11 Å². The molecule has 0 bridgehead atoms. The molecular formula is C17H17NO. The summed E-state index contributed by atoms with van der Waals surface area (Å²) < 4.78 is 0. The predicted molar refractivity (Wildman–Crippen MR) is 74.6 cm³/mol. The summed E-state index contributed by atoms with van der Waals surface area (Å²) in [6.45, 7) is 1.90. The number of aliphatic hydroxyl groups is 1. The van der Waals surface area contributed by atoms with Crippen molar-refractivity contribution in [1.29, 1.82) is 0 Å². The highest BCUT2D eigenvalue weighted by Crippen LogP contribution is 2.40. The van der Waals surface area contributed by atoms with Crippen LogP contribution in [0.5, 0.6) is 0 Å². The van der Waals surface area contributed by atoms with E-state index in [2.05, 4.69) is 53.4 Å². The van der Waals surface area contributed by atoms with Gasteiger partial charge in [0.2, 0.25) is 0 Å². The number of hydrogen-bond donors (Lipinski definition) is 1. The van der Waals surface area contributed by atoms with E-state index in [0.29, 0.717) is 0 Å². The fourth-order valence-electron chi connectivity index (χ4n) is 3.55. The third-order valence-corrected chi connectivity index (χ3v) is 4.43. The SMILES string of the molecule is O[C@@H]1Cc2ccccc2[C@H]1N1Cc2ccccc2C1. The van der Waals surface area contributed by atoms with Gasteiger partial charge in [-0.1, -0.05) is 48.5 Å². The van der Waals surface area contributed by atoms with Gasteiger partial charge in [-0.3, -0.25) is 4.90 Å². The van der Waals surface area contributed by atoms with Crippen molar-refractivity contribution in [3.63, 3.8) is 0 Å². The molecule has 2 aliphatic rings. The third-order valence-electron chi connectivity index (χ3n) is 4.43. The predicted octanol–water partition coefficient (Wildman–Crippen LogP) is 2.66. The van der Waals surface area contributed by atoms with Gasteiger partial charge in [-0.05, 0) is 22.3 Å².